The summed E-state index contributed by atoms with van der Waals surface area (Å²) in [4.78, 5) is 15.1. The molecule has 0 unspecified atom stereocenters. The summed E-state index contributed by atoms with van der Waals surface area (Å²) in [5, 5.41) is 0. The van der Waals surface area contributed by atoms with Crippen molar-refractivity contribution in [2.75, 3.05) is 28.2 Å². The van der Waals surface area contributed by atoms with Gasteiger partial charge in [0.25, 0.3) is 0 Å². The number of amides is 1. The molecule has 0 saturated carbocycles. The van der Waals surface area contributed by atoms with E-state index in [4.69, 9.17) is 4.74 Å². The van der Waals surface area contributed by atoms with Crippen LogP contribution < -0.4 is 9.46 Å². The molecule has 0 aromatic heterocycles. The third kappa shape index (κ3) is 3.60. The topological polar surface area (TPSA) is 78.9 Å². The lowest BCUT2D eigenvalue weighted by Crippen LogP contribution is -2.28. The van der Waals surface area contributed by atoms with Crippen molar-refractivity contribution >= 4 is 21.8 Å². The molecular weight excluding hydrogens is 330 g/mol. The van der Waals surface area contributed by atoms with Crippen molar-refractivity contribution < 1.29 is 17.9 Å². The van der Waals surface area contributed by atoms with Gasteiger partial charge in [-0.05, 0) is 19.2 Å². The van der Waals surface area contributed by atoms with Crippen LogP contribution in [0.4, 0.5) is 4.79 Å². The molecule has 0 saturated heterocycles. The number of carbonyl (C=O) groups excluding carboxylic acids is 1. The summed E-state index contributed by atoms with van der Waals surface area (Å²) in [5.74, 6) is 0.303. The lowest BCUT2D eigenvalue weighted by atomic mass is 10.1. The van der Waals surface area contributed by atoms with E-state index >= 15 is 0 Å². The minimum absolute atomic E-state index is 0.225. The standard InChI is InChI=1S/C16H21N3O4S/c1-17-24(21,22)14-10-7-11-19(4)15(14)12-8-5-6-9-13(12)23-16(20)18(2)3/h5-9,11,17H,10H2,1-4H3. The Hall–Kier alpha value is -2.32. The number of benzene rings is 1. The Morgan fingerprint density at radius 1 is 1.29 bits per heavy atom. The SMILES string of the molecule is CNS(=O)(=O)C1=C(c2ccccc2OC(=O)N(C)C)N(C)C=CC1. The van der Waals surface area contributed by atoms with Crippen molar-refractivity contribution in [3.8, 4) is 5.75 Å². The van der Waals surface area contributed by atoms with Crippen molar-refractivity contribution in [1.29, 1.82) is 0 Å². The van der Waals surface area contributed by atoms with Gasteiger partial charge in [-0.1, -0.05) is 18.2 Å². The van der Waals surface area contributed by atoms with Gasteiger partial charge in [-0.2, -0.15) is 0 Å². The smallest absolute Gasteiger partial charge is 0.409 e. The van der Waals surface area contributed by atoms with Crippen LogP contribution in [0.15, 0.2) is 41.4 Å². The Morgan fingerprint density at radius 3 is 2.58 bits per heavy atom. The monoisotopic (exact) mass is 351 g/mol. The normalized spacial score (nSPS) is 14.8. The molecule has 0 fully saturated rings. The van der Waals surface area contributed by atoms with Gasteiger partial charge < -0.3 is 14.5 Å². The molecule has 1 aliphatic heterocycles. The molecular formula is C16H21N3O4S. The summed E-state index contributed by atoms with van der Waals surface area (Å²) < 4.78 is 32.5. The third-order valence-corrected chi connectivity index (χ3v) is 5.09. The van der Waals surface area contributed by atoms with Crippen LogP contribution in [-0.4, -0.2) is 52.5 Å². The van der Waals surface area contributed by atoms with Crippen molar-refractivity contribution in [2.24, 2.45) is 0 Å². The quantitative estimate of drug-likeness (QED) is 0.895. The maximum Gasteiger partial charge on any atom is 0.414 e. The van der Waals surface area contributed by atoms with Gasteiger partial charge in [0, 0.05) is 39.3 Å². The maximum absolute atomic E-state index is 12.4. The van der Waals surface area contributed by atoms with E-state index < -0.39 is 16.1 Å². The van der Waals surface area contributed by atoms with Crippen molar-refractivity contribution in [1.82, 2.24) is 14.5 Å². The second-order valence-corrected chi connectivity index (χ2v) is 7.35. The molecule has 8 heteroatoms. The molecule has 0 bridgehead atoms. The molecule has 1 aromatic rings. The van der Waals surface area contributed by atoms with E-state index in [1.807, 2.05) is 0 Å². The molecule has 0 atom stereocenters. The molecule has 1 amide bonds. The summed E-state index contributed by atoms with van der Waals surface area (Å²) in [5.41, 5.74) is 1.02. The number of para-hydroxylation sites is 1. The molecule has 1 N–H and O–H groups in total. The molecule has 130 valence electrons. The van der Waals surface area contributed by atoms with Gasteiger partial charge in [0.05, 0.1) is 10.6 Å². The Bertz CT molecular complexity index is 797. The molecule has 0 spiro atoms. The fourth-order valence-electron chi connectivity index (χ4n) is 2.32. The summed E-state index contributed by atoms with van der Waals surface area (Å²) in [6.07, 6.45) is 3.28. The second-order valence-electron chi connectivity index (χ2n) is 5.44. The average molecular weight is 351 g/mol. The van der Waals surface area contributed by atoms with Crippen LogP contribution in [0.1, 0.15) is 12.0 Å². The Morgan fingerprint density at radius 2 is 1.96 bits per heavy atom. The number of nitrogens with one attached hydrogen (secondary N) is 1. The summed E-state index contributed by atoms with van der Waals surface area (Å²) in [6, 6.07) is 6.87. The number of hydrogen-bond donors (Lipinski definition) is 1. The van der Waals surface area contributed by atoms with Crippen LogP contribution in [-0.2, 0) is 10.0 Å². The molecule has 7 nitrogen and oxygen atoms in total. The first-order valence-electron chi connectivity index (χ1n) is 7.32. The molecule has 1 aromatic carbocycles. The van der Waals surface area contributed by atoms with Crippen LogP contribution in [0.25, 0.3) is 5.70 Å². The largest absolute Gasteiger partial charge is 0.414 e. The van der Waals surface area contributed by atoms with Crippen molar-refractivity contribution in [2.45, 2.75) is 6.42 Å². The lowest BCUT2D eigenvalue weighted by Gasteiger charge is -2.27. The van der Waals surface area contributed by atoms with Gasteiger partial charge in [0.1, 0.15) is 5.75 Å². The number of allylic oxidation sites excluding steroid dienone is 2. The Labute approximate surface area is 142 Å². The summed E-state index contributed by atoms with van der Waals surface area (Å²) >= 11 is 0. The van der Waals surface area contributed by atoms with Crippen LogP contribution >= 0.6 is 0 Å². The van der Waals surface area contributed by atoms with E-state index in [2.05, 4.69) is 4.72 Å². The van der Waals surface area contributed by atoms with Gasteiger partial charge >= 0.3 is 6.09 Å². The highest BCUT2D eigenvalue weighted by Crippen LogP contribution is 2.35. The molecule has 1 aliphatic rings. The predicted molar refractivity (Wildman–Crippen MR) is 92.6 cm³/mol. The average Bonchev–Trinajstić information content (AvgIpc) is 2.55. The zero-order valence-corrected chi connectivity index (χ0v) is 14.9. The van der Waals surface area contributed by atoms with Gasteiger partial charge in [-0.3, -0.25) is 0 Å². The second kappa shape index (κ2) is 7.06. The van der Waals surface area contributed by atoms with Gasteiger partial charge in [-0.25, -0.2) is 17.9 Å². The van der Waals surface area contributed by atoms with Crippen LogP contribution in [0.5, 0.6) is 5.75 Å². The van der Waals surface area contributed by atoms with E-state index in [1.54, 1.807) is 62.6 Å². The molecule has 0 radical (unpaired) electrons. The highest BCUT2D eigenvalue weighted by atomic mass is 32.2. The highest BCUT2D eigenvalue weighted by Gasteiger charge is 2.27. The van der Waals surface area contributed by atoms with Crippen LogP contribution in [0.2, 0.25) is 0 Å². The summed E-state index contributed by atoms with van der Waals surface area (Å²) in [7, 11) is 2.65. The zero-order valence-electron chi connectivity index (χ0n) is 14.1. The maximum atomic E-state index is 12.4. The number of sulfonamides is 1. The number of hydrogen-bond acceptors (Lipinski definition) is 5. The van der Waals surface area contributed by atoms with Crippen molar-refractivity contribution in [3.63, 3.8) is 0 Å². The predicted octanol–water partition coefficient (Wildman–Crippen LogP) is 1.81. The van der Waals surface area contributed by atoms with E-state index in [0.29, 0.717) is 17.0 Å². The van der Waals surface area contributed by atoms with E-state index in [0.717, 1.165) is 0 Å². The number of nitrogens with zero attached hydrogens (tertiary/aromatic N) is 2. The Kier molecular flexibility index (Phi) is 5.30. The van der Waals surface area contributed by atoms with E-state index in [-0.39, 0.29) is 11.3 Å². The number of rotatable bonds is 4. The minimum Gasteiger partial charge on any atom is -0.409 e. The molecule has 0 aliphatic carbocycles. The van der Waals surface area contributed by atoms with Gasteiger partial charge in [0.15, 0.2) is 0 Å². The fraction of sp³-hybridized carbons (Fsp3) is 0.312. The minimum atomic E-state index is -3.63. The first-order chi connectivity index (χ1) is 11.3. The van der Waals surface area contributed by atoms with E-state index in [9.17, 15) is 13.2 Å². The highest BCUT2D eigenvalue weighted by molar-refractivity contribution is 7.93. The lowest BCUT2D eigenvalue weighted by molar-refractivity contribution is 0.171. The fourth-order valence-corrected chi connectivity index (χ4v) is 3.39. The van der Waals surface area contributed by atoms with E-state index in [1.165, 1.54) is 11.9 Å². The number of carbonyl (C=O) groups is 1. The van der Waals surface area contributed by atoms with Gasteiger partial charge in [0.2, 0.25) is 10.0 Å². The molecule has 24 heavy (non-hydrogen) atoms. The first kappa shape index (κ1) is 18.0. The van der Waals surface area contributed by atoms with Gasteiger partial charge in [-0.15, -0.1) is 0 Å². The molecule has 1 heterocycles. The Balaban J connectivity index is 2.61. The number of ether oxygens (including phenoxy) is 1. The van der Waals surface area contributed by atoms with Crippen LogP contribution in [0, 0.1) is 0 Å². The summed E-state index contributed by atoms with van der Waals surface area (Å²) in [6.45, 7) is 0. The van der Waals surface area contributed by atoms with Crippen molar-refractivity contribution in [3.05, 3.63) is 47.0 Å². The third-order valence-electron chi connectivity index (χ3n) is 3.55. The van der Waals surface area contributed by atoms with Crippen LogP contribution in [0.3, 0.4) is 0 Å². The first-order valence-corrected chi connectivity index (χ1v) is 8.81. The zero-order chi connectivity index (χ0) is 17.9. The molecule has 2 rings (SSSR count).